The summed E-state index contributed by atoms with van der Waals surface area (Å²) in [5.74, 6) is 0.754. The first kappa shape index (κ1) is 19.3. The predicted octanol–water partition coefficient (Wildman–Crippen LogP) is 4.11. The highest BCUT2D eigenvalue weighted by atomic mass is 16.5. The van der Waals surface area contributed by atoms with Gasteiger partial charge in [-0.2, -0.15) is 0 Å². The van der Waals surface area contributed by atoms with Crippen LogP contribution in [0.1, 0.15) is 37.3 Å². The van der Waals surface area contributed by atoms with Gasteiger partial charge in [-0.3, -0.25) is 4.79 Å². The van der Waals surface area contributed by atoms with Crippen LogP contribution in [0.15, 0.2) is 48.5 Å². The number of rotatable bonds is 8. The second kappa shape index (κ2) is 9.45. The minimum absolute atomic E-state index is 0.0280. The second-order valence-corrected chi connectivity index (χ2v) is 7.14. The van der Waals surface area contributed by atoms with Crippen molar-refractivity contribution in [3.05, 3.63) is 59.7 Å². The van der Waals surface area contributed by atoms with Gasteiger partial charge in [-0.15, -0.1) is 0 Å². The second-order valence-electron chi connectivity index (χ2n) is 7.14. The lowest BCUT2D eigenvalue weighted by Gasteiger charge is -2.31. The van der Waals surface area contributed by atoms with E-state index < -0.39 is 6.10 Å². The number of para-hydroxylation sites is 2. The predicted molar refractivity (Wildman–Crippen MR) is 110 cm³/mol. The zero-order valence-electron chi connectivity index (χ0n) is 16.4. The van der Waals surface area contributed by atoms with E-state index in [1.165, 1.54) is 17.7 Å². The first-order valence-corrected chi connectivity index (χ1v) is 10.0. The van der Waals surface area contributed by atoms with Gasteiger partial charge in [0.15, 0.2) is 6.10 Å². The number of fused-ring (bicyclic) bond motifs is 1. The molecule has 0 bridgehead atoms. The molecule has 1 atom stereocenters. The van der Waals surface area contributed by atoms with Crippen molar-refractivity contribution in [3.63, 3.8) is 0 Å². The number of aryl methyl sites for hydroxylation is 2. The molecule has 4 nitrogen and oxygen atoms in total. The zero-order valence-corrected chi connectivity index (χ0v) is 16.4. The molecule has 0 aromatic heterocycles. The smallest absolute Gasteiger partial charge is 0.261 e. The Bertz CT molecular complexity index is 760. The molecule has 3 rings (SSSR count). The summed E-state index contributed by atoms with van der Waals surface area (Å²) in [5, 5.41) is 3.05. The van der Waals surface area contributed by atoms with Gasteiger partial charge < -0.3 is 15.0 Å². The molecule has 0 radical (unpaired) electrons. The largest absolute Gasteiger partial charge is 0.480 e. The van der Waals surface area contributed by atoms with E-state index in [-0.39, 0.29) is 5.91 Å². The quantitative estimate of drug-likeness (QED) is 0.715. The van der Waals surface area contributed by atoms with E-state index in [2.05, 4.69) is 34.5 Å². The van der Waals surface area contributed by atoms with Crippen molar-refractivity contribution in [2.45, 2.75) is 45.6 Å². The number of amides is 1. The lowest BCUT2D eigenvalue weighted by atomic mass is 10.0. The normalized spacial score (nSPS) is 14.4. The van der Waals surface area contributed by atoms with Crippen LogP contribution >= 0.6 is 0 Å². The molecule has 1 amide bonds. The zero-order chi connectivity index (χ0) is 19.1. The van der Waals surface area contributed by atoms with Crippen molar-refractivity contribution in [2.24, 2.45) is 0 Å². The van der Waals surface area contributed by atoms with Crippen molar-refractivity contribution < 1.29 is 9.53 Å². The molecular weight excluding hydrogens is 336 g/mol. The third kappa shape index (κ3) is 5.03. The van der Waals surface area contributed by atoms with E-state index in [9.17, 15) is 4.79 Å². The molecule has 2 aromatic rings. The Morgan fingerprint density at radius 2 is 1.96 bits per heavy atom. The number of benzene rings is 2. The molecule has 0 fully saturated rings. The van der Waals surface area contributed by atoms with Gasteiger partial charge in [0.25, 0.3) is 5.91 Å². The number of hydrogen-bond acceptors (Lipinski definition) is 3. The molecule has 144 valence electrons. The molecule has 1 N–H and O–H groups in total. The van der Waals surface area contributed by atoms with Crippen LogP contribution in [0.3, 0.4) is 0 Å². The van der Waals surface area contributed by atoms with Gasteiger partial charge in [-0.05, 0) is 55.9 Å². The van der Waals surface area contributed by atoms with E-state index in [0.717, 1.165) is 37.2 Å². The van der Waals surface area contributed by atoms with Gasteiger partial charge in [-0.1, -0.05) is 43.3 Å². The van der Waals surface area contributed by atoms with Gasteiger partial charge in [0, 0.05) is 25.3 Å². The molecule has 1 heterocycles. The fourth-order valence-corrected chi connectivity index (χ4v) is 3.60. The summed E-state index contributed by atoms with van der Waals surface area (Å²) in [6.45, 7) is 6.71. The number of carbonyl (C=O) groups is 1. The minimum Gasteiger partial charge on any atom is -0.480 e. The van der Waals surface area contributed by atoms with Crippen LogP contribution in [0.2, 0.25) is 0 Å². The summed E-state index contributed by atoms with van der Waals surface area (Å²) in [7, 11) is 0. The Labute approximate surface area is 162 Å². The Kier molecular flexibility index (Phi) is 6.74. The summed E-state index contributed by atoms with van der Waals surface area (Å²) in [6, 6.07) is 16.5. The van der Waals surface area contributed by atoms with Crippen LogP contribution in [-0.2, 0) is 11.2 Å². The van der Waals surface area contributed by atoms with Gasteiger partial charge in [0.1, 0.15) is 5.75 Å². The van der Waals surface area contributed by atoms with Crippen molar-refractivity contribution in [1.29, 1.82) is 0 Å². The minimum atomic E-state index is -0.443. The standard InChI is InChI=1S/C23H30N2O2/c1-3-21(27-22-14-7-4-10-18(22)2)23(26)24-15-9-17-25-16-8-12-19-11-5-6-13-20(19)25/h4-7,10-11,13-14,21H,3,8-9,12,15-17H2,1-2H3,(H,24,26)/t21-/m0/s1. The van der Waals surface area contributed by atoms with Crippen LogP contribution in [0.4, 0.5) is 5.69 Å². The highest BCUT2D eigenvalue weighted by molar-refractivity contribution is 5.81. The van der Waals surface area contributed by atoms with Gasteiger partial charge in [0.2, 0.25) is 0 Å². The number of carbonyl (C=O) groups excluding carboxylic acids is 1. The van der Waals surface area contributed by atoms with Crippen LogP contribution in [0.5, 0.6) is 5.75 Å². The van der Waals surface area contributed by atoms with Crippen molar-refractivity contribution >= 4 is 11.6 Å². The lowest BCUT2D eigenvalue weighted by molar-refractivity contribution is -0.128. The number of nitrogens with one attached hydrogen (secondary N) is 1. The number of nitrogens with zero attached hydrogens (tertiary/aromatic N) is 1. The van der Waals surface area contributed by atoms with Crippen molar-refractivity contribution in [3.8, 4) is 5.75 Å². The highest BCUT2D eigenvalue weighted by Crippen LogP contribution is 2.26. The number of ether oxygens (including phenoxy) is 1. The average molecular weight is 367 g/mol. The third-order valence-corrected chi connectivity index (χ3v) is 5.14. The molecule has 4 heteroatoms. The van der Waals surface area contributed by atoms with Gasteiger partial charge in [-0.25, -0.2) is 0 Å². The van der Waals surface area contributed by atoms with E-state index in [1.54, 1.807) is 0 Å². The van der Waals surface area contributed by atoms with E-state index in [1.807, 2.05) is 38.1 Å². The van der Waals surface area contributed by atoms with Crippen molar-refractivity contribution in [1.82, 2.24) is 5.32 Å². The van der Waals surface area contributed by atoms with Crippen LogP contribution in [0.25, 0.3) is 0 Å². The molecule has 0 spiro atoms. The van der Waals surface area contributed by atoms with Crippen molar-refractivity contribution in [2.75, 3.05) is 24.5 Å². The lowest BCUT2D eigenvalue weighted by Crippen LogP contribution is -2.39. The van der Waals surface area contributed by atoms with Gasteiger partial charge in [0.05, 0.1) is 0 Å². The van der Waals surface area contributed by atoms with Gasteiger partial charge >= 0.3 is 0 Å². The van der Waals surface area contributed by atoms with Crippen LogP contribution in [-0.4, -0.2) is 31.6 Å². The first-order valence-electron chi connectivity index (χ1n) is 10.0. The molecule has 0 aliphatic carbocycles. The number of hydrogen-bond donors (Lipinski definition) is 1. The molecule has 0 saturated heterocycles. The van der Waals surface area contributed by atoms with Crippen LogP contribution in [0, 0.1) is 6.92 Å². The third-order valence-electron chi connectivity index (χ3n) is 5.14. The molecule has 1 aliphatic rings. The first-order chi connectivity index (χ1) is 13.2. The Balaban J connectivity index is 1.46. The summed E-state index contributed by atoms with van der Waals surface area (Å²) < 4.78 is 5.93. The average Bonchev–Trinajstić information content (AvgIpc) is 2.70. The molecule has 0 unspecified atom stereocenters. The molecule has 1 aliphatic heterocycles. The Hall–Kier alpha value is -2.49. The van der Waals surface area contributed by atoms with E-state index in [0.29, 0.717) is 13.0 Å². The topological polar surface area (TPSA) is 41.6 Å². The van der Waals surface area contributed by atoms with E-state index in [4.69, 9.17) is 4.74 Å². The maximum absolute atomic E-state index is 12.5. The summed E-state index contributed by atoms with van der Waals surface area (Å²) in [6.07, 6.45) is 3.51. The summed E-state index contributed by atoms with van der Waals surface area (Å²) >= 11 is 0. The SMILES string of the molecule is CC[C@H](Oc1ccccc1C)C(=O)NCCCN1CCCc2ccccc21. The number of anilines is 1. The molecular formula is C23H30N2O2. The Morgan fingerprint density at radius 1 is 1.19 bits per heavy atom. The van der Waals surface area contributed by atoms with E-state index >= 15 is 0 Å². The molecule has 27 heavy (non-hydrogen) atoms. The van der Waals surface area contributed by atoms with Crippen LogP contribution < -0.4 is 15.0 Å². The molecule has 0 saturated carbocycles. The summed E-state index contributed by atoms with van der Waals surface area (Å²) in [4.78, 5) is 14.9. The maximum atomic E-state index is 12.5. The maximum Gasteiger partial charge on any atom is 0.261 e. The fraction of sp³-hybridized carbons (Fsp3) is 0.435. The monoisotopic (exact) mass is 366 g/mol. The molecule has 2 aromatic carbocycles. The fourth-order valence-electron chi connectivity index (χ4n) is 3.60. The highest BCUT2D eigenvalue weighted by Gasteiger charge is 2.19. The summed E-state index contributed by atoms with van der Waals surface area (Å²) in [5.41, 5.74) is 3.84. The Morgan fingerprint density at radius 3 is 2.78 bits per heavy atom.